The summed E-state index contributed by atoms with van der Waals surface area (Å²) in [5.74, 6) is 0. The molecule has 23 heavy (non-hydrogen) atoms. The normalized spacial score (nSPS) is 13.0. The Hall–Kier alpha value is -1.19. The maximum atomic E-state index is 9.50. The number of quaternary nitrogens is 1. The molecule has 134 valence electrons. The molecule has 0 saturated heterocycles. The summed E-state index contributed by atoms with van der Waals surface area (Å²) in [6.07, 6.45) is -0.244. The number of anilines is 1. The number of benzene rings is 1. The van der Waals surface area contributed by atoms with Crippen LogP contribution in [0.15, 0.2) is 30.3 Å². The van der Waals surface area contributed by atoms with Crippen LogP contribution in [-0.4, -0.2) is 73.5 Å². The van der Waals surface area contributed by atoms with Crippen LogP contribution in [0, 0.1) is 0 Å². The maximum Gasteiger partial charge on any atom is 0.215 e. The van der Waals surface area contributed by atoms with Gasteiger partial charge in [0.15, 0.2) is 0 Å². The smallest absolute Gasteiger partial charge is 0.215 e. The fraction of sp³-hybridized carbons (Fsp3) is 0.600. The highest BCUT2D eigenvalue weighted by atomic mass is 32.3. The van der Waals surface area contributed by atoms with Gasteiger partial charge >= 0.3 is 0 Å². The van der Waals surface area contributed by atoms with E-state index < -0.39 is 10.4 Å². The van der Waals surface area contributed by atoms with Crippen LogP contribution in [0.2, 0.25) is 0 Å². The van der Waals surface area contributed by atoms with Gasteiger partial charge < -0.3 is 19.0 Å². The minimum absolute atomic E-state index is 0.244. The second-order valence-corrected chi connectivity index (χ2v) is 6.89. The Morgan fingerprint density at radius 2 is 1.74 bits per heavy atom. The Bertz CT molecular complexity index is 524. The number of rotatable bonds is 7. The van der Waals surface area contributed by atoms with Crippen molar-refractivity contribution in [2.75, 3.05) is 45.2 Å². The molecule has 0 heterocycles. The lowest BCUT2D eigenvalue weighted by atomic mass is 10.2. The molecule has 2 N–H and O–H groups in total. The van der Waals surface area contributed by atoms with Crippen molar-refractivity contribution in [1.82, 2.24) is 0 Å². The van der Waals surface area contributed by atoms with Gasteiger partial charge in [0, 0.05) is 12.2 Å². The molecule has 0 aliphatic rings. The molecule has 0 radical (unpaired) electrons. The van der Waals surface area contributed by atoms with Gasteiger partial charge in [-0.2, -0.15) is 0 Å². The summed E-state index contributed by atoms with van der Waals surface area (Å²) < 4.78 is 33.7. The Balaban J connectivity index is 0.000000841. The summed E-state index contributed by atoms with van der Waals surface area (Å²) in [7, 11) is -0.572. The largest absolute Gasteiger partial charge is 0.726 e. The SMILES string of the molecule is CCN(CC[N+](C)(C)CC(C)O)c1ccccc1.O=S(=O)([O-])O. The fourth-order valence-electron chi connectivity index (χ4n) is 2.31. The van der Waals surface area contributed by atoms with E-state index in [-0.39, 0.29) is 6.10 Å². The molecule has 7 nitrogen and oxygen atoms in total. The summed E-state index contributed by atoms with van der Waals surface area (Å²) in [6.45, 7) is 7.90. The number of aliphatic hydroxyl groups is 1. The second-order valence-electron chi connectivity index (χ2n) is 6.03. The first kappa shape index (κ1) is 21.8. The Morgan fingerprint density at radius 3 is 2.13 bits per heavy atom. The summed E-state index contributed by atoms with van der Waals surface area (Å²) in [5, 5.41) is 9.50. The molecule has 1 unspecified atom stereocenters. The van der Waals surface area contributed by atoms with Crippen LogP contribution < -0.4 is 4.90 Å². The minimum Gasteiger partial charge on any atom is -0.726 e. The molecule has 0 fully saturated rings. The third-order valence-corrected chi connectivity index (χ3v) is 3.24. The van der Waals surface area contributed by atoms with Crippen LogP contribution >= 0.6 is 0 Å². The molecule has 0 aliphatic heterocycles. The number of aliphatic hydroxyl groups excluding tert-OH is 1. The van der Waals surface area contributed by atoms with Crippen molar-refractivity contribution in [3.8, 4) is 0 Å². The summed E-state index contributed by atoms with van der Waals surface area (Å²) in [4.78, 5) is 2.38. The standard InChI is InChI=1S/C15H27N2O.H2O4S/c1-5-16(15-9-7-6-8-10-15)11-12-17(3,4)13-14(2)18;1-5(2,3)4/h6-10,14,18H,5,11-13H2,1-4H3;(H2,1,2,3,4)/q+1;/p-1. The zero-order chi connectivity index (χ0) is 18.1. The van der Waals surface area contributed by atoms with Crippen molar-refractivity contribution in [2.45, 2.75) is 20.0 Å². The van der Waals surface area contributed by atoms with E-state index in [0.29, 0.717) is 0 Å². The minimum atomic E-state index is -4.92. The van der Waals surface area contributed by atoms with Crippen molar-refractivity contribution < 1.29 is 27.1 Å². The van der Waals surface area contributed by atoms with Crippen molar-refractivity contribution in [2.24, 2.45) is 0 Å². The third kappa shape index (κ3) is 13.0. The first-order valence-corrected chi connectivity index (χ1v) is 8.79. The first-order chi connectivity index (χ1) is 10.4. The van der Waals surface area contributed by atoms with E-state index in [9.17, 15) is 5.11 Å². The van der Waals surface area contributed by atoms with Crippen molar-refractivity contribution in [3.05, 3.63) is 30.3 Å². The van der Waals surface area contributed by atoms with Crippen LogP contribution in [0.4, 0.5) is 5.69 Å². The van der Waals surface area contributed by atoms with Gasteiger partial charge in [0.05, 0.1) is 27.2 Å². The van der Waals surface area contributed by atoms with E-state index in [1.54, 1.807) is 0 Å². The summed E-state index contributed by atoms with van der Waals surface area (Å²) in [5.41, 5.74) is 1.28. The van der Waals surface area contributed by atoms with E-state index in [4.69, 9.17) is 17.5 Å². The zero-order valence-corrected chi connectivity index (χ0v) is 15.0. The lowest BCUT2D eigenvalue weighted by Gasteiger charge is -2.34. The number of para-hydroxylation sites is 1. The maximum absolute atomic E-state index is 9.50. The lowest BCUT2D eigenvalue weighted by molar-refractivity contribution is -0.891. The summed E-state index contributed by atoms with van der Waals surface area (Å²) in [6, 6.07) is 10.5. The van der Waals surface area contributed by atoms with Crippen molar-refractivity contribution in [3.63, 3.8) is 0 Å². The predicted molar refractivity (Wildman–Crippen MR) is 90.2 cm³/mol. The Labute approximate surface area is 139 Å². The van der Waals surface area contributed by atoms with Crippen LogP contribution in [0.1, 0.15) is 13.8 Å². The van der Waals surface area contributed by atoms with Gasteiger partial charge in [-0.3, -0.25) is 4.55 Å². The molecule has 1 aromatic carbocycles. The lowest BCUT2D eigenvalue weighted by Crippen LogP contribution is -2.49. The van der Waals surface area contributed by atoms with Gasteiger partial charge in [-0.05, 0) is 26.0 Å². The molecule has 0 bridgehead atoms. The van der Waals surface area contributed by atoms with Crippen LogP contribution in [0.3, 0.4) is 0 Å². The molecular weight excluding hydrogens is 320 g/mol. The van der Waals surface area contributed by atoms with E-state index in [1.807, 2.05) is 13.0 Å². The van der Waals surface area contributed by atoms with E-state index in [0.717, 1.165) is 30.7 Å². The molecule has 1 aromatic rings. The van der Waals surface area contributed by atoms with E-state index >= 15 is 0 Å². The summed E-state index contributed by atoms with van der Waals surface area (Å²) >= 11 is 0. The van der Waals surface area contributed by atoms with Gasteiger partial charge in [0.2, 0.25) is 10.4 Å². The topological polar surface area (TPSA) is 101 Å². The molecule has 0 aromatic heterocycles. The van der Waals surface area contributed by atoms with Crippen molar-refractivity contribution in [1.29, 1.82) is 0 Å². The highest BCUT2D eigenvalue weighted by molar-refractivity contribution is 7.79. The number of likely N-dealkylation sites (N-methyl/N-ethyl adjacent to an activating group) is 2. The van der Waals surface area contributed by atoms with Crippen LogP contribution in [-0.2, 0) is 10.4 Å². The highest BCUT2D eigenvalue weighted by Gasteiger charge is 2.19. The highest BCUT2D eigenvalue weighted by Crippen LogP contribution is 2.13. The molecule has 1 rings (SSSR count). The Morgan fingerprint density at radius 1 is 1.26 bits per heavy atom. The third-order valence-electron chi connectivity index (χ3n) is 3.24. The van der Waals surface area contributed by atoms with Crippen LogP contribution in [0.5, 0.6) is 0 Å². The van der Waals surface area contributed by atoms with Gasteiger partial charge in [0.1, 0.15) is 12.6 Å². The van der Waals surface area contributed by atoms with Gasteiger partial charge in [-0.15, -0.1) is 0 Å². The van der Waals surface area contributed by atoms with Crippen molar-refractivity contribution >= 4 is 16.1 Å². The molecule has 0 saturated carbocycles. The molecule has 0 spiro atoms. The monoisotopic (exact) mass is 348 g/mol. The number of hydrogen-bond donors (Lipinski definition) is 2. The average Bonchev–Trinajstić information content (AvgIpc) is 2.37. The van der Waals surface area contributed by atoms with Gasteiger partial charge in [-0.1, -0.05) is 18.2 Å². The average molecular weight is 348 g/mol. The zero-order valence-electron chi connectivity index (χ0n) is 14.2. The fourth-order valence-corrected chi connectivity index (χ4v) is 2.31. The van der Waals surface area contributed by atoms with Crippen LogP contribution in [0.25, 0.3) is 0 Å². The van der Waals surface area contributed by atoms with Gasteiger partial charge in [-0.25, -0.2) is 8.42 Å². The molecule has 0 aliphatic carbocycles. The number of nitrogens with zero attached hydrogens (tertiary/aromatic N) is 2. The van der Waals surface area contributed by atoms with Gasteiger partial charge in [0.25, 0.3) is 0 Å². The predicted octanol–water partition coefficient (Wildman–Crippen LogP) is 0.975. The molecular formula is C15H28N2O5S. The first-order valence-electron chi connectivity index (χ1n) is 7.43. The molecule has 0 amide bonds. The van der Waals surface area contributed by atoms with E-state index in [2.05, 4.69) is 50.2 Å². The quantitative estimate of drug-likeness (QED) is 0.433. The Kier molecular flexibility index (Phi) is 9.33. The van der Waals surface area contributed by atoms with E-state index in [1.165, 1.54) is 5.69 Å². The molecule has 8 heteroatoms. The molecule has 1 atom stereocenters. The second kappa shape index (κ2) is 9.84. The number of hydrogen-bond acceptors (Lipinski definition) is 5.